The van der Waals surface area contributed by atoms with Gasteiger partial charge in [-0.15, -0.1) is 0 Å². The third-order valence-electron chi connectivity index (χ3n) is 4.19. The largest absolute Gasteiger partial charge is 0.493 e. The van der Waals surface area contributed by atoms with E-state index in [0.717, 1.165) is 24.5 Å². The summed E-state index contributed by atoms with van der Waals surface area (Å²) in [6.45, 7) is 4.59. The molecule has 0 atom stereocenters. The summed E-state index contributed by atoms with van der Waals surface area (Å²) in [7, 11) is 3.28. The molecule has 1 fully saturated rings. The normalized spacial score (nSPS) is 15.5. The van der Waals surface area contributed by atoms with E-state index in [1.54, 1.807) is 14.2 Å². The zero-order valence-corrected chi connectivity index (χ0v) is 14.0. The van der Waals surface area contributed by atoms with Gasteiger partial charge in [-0.2, -0.15) is 0 Å². The third-order valence-corrected chi connectivity index (χ3v) is 4.19. The van der Waals surface area contributed by atoms with E-state index < -0.39 is 0 Å². The maximum atomic E-state index is 5.79. The van der Waals surface area contributed by atoms with Crippen LogP contribution in [0.5, 0.6) is 17.2 Å². The molecule has 1 aliphatic rings. The van der Waals surface area contributed by atoms with Crippen LogP contribution in [0.4, 0.5) is 0 Å². The van der Waals surface area contributed by atoms with Crippen molar-refractivity contribution in [2.75, 3.05) is 40.5 Å². The summed E-state index contributed by atoms with van der Waals surface area (Å²) in [4.78, 5) is 2.60. The van der Waals surface area contributed by atoms with Gasteiger partial charge in [-0.25, -0.2) is 0 Å². The third kappa shape index (κ3) is 5.41. The Morgan fingerprint density at radius 2 is 1.68 bits per heavy atom. The Bertz CT molecular complexity index is 430. The fourth-order valence-corrected chi connectivity index (χ4v) is 2.89. The van der Waals surface area contributed by atoms with Crippen LogP contribution in [0.15, 0.2) is 18.2 Å². The van der Waals surface area contributed by atoms with E-state index in [1.807, 2.05) is 18.2 Å². The monoisotopic (exact) mass is 307 g/mol. The first kappa shape index (κ1) is 16.9. The van der Waals surface area contributed by atoms with Crippen LogP contribution in [-0.4, -0.2) is 45.4 Å². The Morgan fingerprint density at radius 3 is 2.41 bits per heavy atom. The molecule has 4 heteroatoms. The van der Waals surface area contributed by atoms with Crippen molar-refractivity contribution < 1.29 is 14.2 Å². The highest BCUT2D eigenvalue weighted by molar-refractivity contribution is 5.45. The molecule has 0 amide bonds. The number of hydrogen-bond donors (Lipinski definition) is 0. The molecule has 0 saturated carbocycles. The molecule has 1 aliphatic heterocycles. The number of nitrogens with zero attached hydrogens (tertiary/aromatic N) is 1. The molecule has 0 aliphatic carbocycles. The lowest BCUT2D eigenvalue weighted by Gasteiger charge is -2.26. The Morgan fingerprint density at radius 1 is 0.909 bits per heavy atom. The molecule has 1 heterocycles. The second-order valence-corrected chi connectivity index (χ2v) is 5.83. The molecule has 0 N–H and O–H groups in total. The molecule has 124 valence electrons. The number of ether oxygens (including phenoxy) is 3. The first-order valence-corrected chi connectivity index (χ1v) is 8.40. The lowest BCUT2D eigenvalue weighted by Crippen LogP contribution is -2.30. The minimum absolute atomic E-state index is 0.713. The molecule has 0 bridgehead atoms. The van der Waals surface area contributed by atoms with Crippen LogP contribution in [0.1, 0.15) is 38.5 Å². The minimum atomic E-state index is 0.713. The average molecular weight is 307 g/mol. The lowest BCUT2D eigenvalue weighted by atomic mass is 10.1. The molecule has 1 aromatic carbocycles. The van der Waals surface area contributed by atoms with Gasteiger partial charge in [0.15, 0.2) is 11.5 Å². The second kappa shape index (κ2) is 9.57. The maximum absolute atomic E-state index is 5.79. The van der Waals surface area contributed by atoms with E-state index in [1.165, 1.54) is 51.7 Å². The lowest BCUT2D eigenvalue weighted by molar-refractivity contribution is 0.221. The molecule has 0 radical (unpaired) electrons. The van der Waals surface area contributed by atoms with Crippen LogP contribution in [0.2, 0.25) is 0 Å². The van der Waals surface area contributed by atoms with Crippen LogP contribution in [0.3, 0.4) is 0 Å². The molecule has 0 aromatic heterocycles. The molecule has 22 heavy (non-hydrogen) atoms. The first-order chi connectivity index (χ1) is 10.8. The van der Waals surface area contributed by atoms with E-state index >= 15 is 0 Å². The van der Waals surface area contributed by atoms with Gasteiger partial charge in [-0.05, 0) is 63.9 Å². The molecule has 1 aromatic rings. The van der Waals surface area contributed by atoms with Crippen molar-refractivity contribution in [2.45, 2.75) is 38.5 Å². The van der Waals surface area contributed by atoms with Gasteiger partial charge in [0, 0.05) is 6.07 Å². The quantitative estimate of drug-likeness (QED) is 0.650. The first-order valence-electron chi connectivity index (χ1n) is 8.40. The van der Waals surface area contributed by atoms with Crippen LogP contribution in [-0.2, 0) is 0 Å². The van der Waals surface area contributed by atoms with Crippen molar-refractivity contribution in [1.29, 1.82) is 0 Å². The summed E-state index contributed by atoms with van der Waals surface area (Å²) in [6, 6.07) is 5.69. The number of methoxy groups -OCH3 is 2. The van der Waals surface area contributed by atoms with Gasteiger partial charge in [0.25, 0.3) is 0 Å². The Kier molecular flexibility index (Phi) is 7.37. The highest BCUT2D eigenvalue weighted by Gasteiger charge is 2.09. The van der Waals surface area contributed by atoms with Crippen molar-refractivity contribution in [3.8, 4) is 17.2 Å². The average Bonchev–Trinajstić information content (AvgIpc) is 2.58. The number of benzene rings is 1. The smallest absolute Gasteiger partial charge is 0.164 e. The topological polar surface area (TPSA) is 30.9 Å². The van der Waals surface area contributed by atoms with E-state index in [-0.39, 0.29) is 0 Å². The van der Waals surface area contributed by atoms with Crippen molar-refractivity contribution in [3.63, 3.8) is 0 Å². The zero-order chi connectivity index (χ0) is 15.6. The maximum Gasteiger partial charge on any atom is 0.164 e. The van der Waals surface area contributed by atoms with E-state index in [0.29, 0.717) is 5.75 Å². The molecule has 4 nitrogen and oxygen atoms in total. The van der Waals surface area contributed by atoms with Crippen molar-refractivity contribution in [1.82, 2.24) is 4.90 Å². The Labute approximate surface area is 134 Å². The van der Waals surface area contributed by atoms with E-state index in [9.17, 15) is 0 Å². The number of likely N-dealkylation sites (tertiary alicyclic amines) is 1. The fraction of sp³-hybridized carbons (Fsp3) is 0.667. The molecular formula is C18H29NO3. The van der Waals surface area contributed by atoms with Gasteiger partial charge in [-0.3, -0.25) is 0 Å². The standard InChI is InChI=1S/C18H29NO3/c1-20-17-10-9-16(15-18(17)21-2)22-14-8-4-7-13-19-11-5-3-6-12-19/h9-10,15H,3-8,11-14H2,1-2H3. The molecule has 0 unspecified atom stereocenters. The zero-order valence-electron chi connectivity index (χ0n) is 14.0. The predicted octanol–water partition coefficient (Wildman–Crippen LogP) is 3.74. The summed E-state index contributed by atoms with van der Waals surface area (Å²) in [6.07, 6.45) is 7.77. The van der Waals surface area contributed by atoms with Crippen molar-refractivity contribution in [3.05, 3.63) is 18.2 Å². The van der Waals surface area contributed by atoms with Crippen LogP contribution in [0.25, 0.3) is 0 Å². The number of unbranched alkanes of at least 4 members (excludes halogenated alkanes) is 2. The summed E-state index contributed by atoms with van der Waals surface area (Å²) in [5.74, 6) is 2.29. The van der Waals surface area contributed by atoms with Gasteiger partial charge in [-0.1, -0.05) is 6.42 Å². The SMILES string of the molecule is COc1ccc(OCCCCCN2CCCCC2)cc1OC. The molecular weight excluding hydrogens is 278 g/mol. The molecule has 2 rings (SSSR count). The molecule has 0 spiro atoms. The summed E-state index contributed by atoms with van der Waals surface area (Å²) >= 11 is 0. The number of piperidine rings is 1. The predicted molar refractivity (Wildman–Crippen MR) is 89.2 cm³/mol. The van der Waals surface area contributed by atoms with Gasteiger partial charge in [0.05, 0.1) is 20.8 Å². The van der Waals surface area contributed by atoms with Gasteiger partial charge in [0.2, 0.25) is 0 Å². The Balaban J connectivity index is 1.60. The summed E-state index contributed by atoms with van der Waals surface area (Å²) < 4.78 is 16.3. The Hall–Kier alpha value is -1.42. The summed E-state index contributed by atoms with van der Waals surface area (Å²) in [5, 5.41) is 0. The van der Waals surface area contributed by atoms with Gasteiger partial charge in [0.1, 0.15) is 5.75 Å². The minimum Gasteiger partial charge on any atom is -0.493 e. The van der Waals surface area contributed by atoms with E-state index in [4.69, 9.17) is 14.2 Å². The fourth-order valence-electron chi connectivity index (χ4n) is 2.89. The van der Waals surface area contributed by atoms with E-state index in [2.05, 4.69) is 4.90 Å². The van der Waals surface area contributed by atoms with Crippen LogP contribution < -0.4 is 14.2 Å². The second-order valence-electron chi connectivity index (χ2n) is 5.83. The number of rotatable bonds is 9. The highest BCUT2D eigenvalue weighted by atomic mass is 16.5. The molecule has 1 saturated heterocycles. The van der Waals surface area contributed by atoms with Gasteiger partial charge >= 0.3 is 0 Å². The number of hydrogen-bond acceptors (Lipinski definition) is 4. The van der Waals surface area contributed by atoms with Gasteiger partial charge < -0.3 is 19.1 Å². The van der Waals surface area contributed by atoms with Crippen LogP contribution >= 0.6 is 0 Å². The van der Waals surface area contributed by atoms with Crippen LogP contribution in [0, 0.1) is 0 Å². The van der Waals surface area contributed by atoms with Crippen molar-refractivity contribution in [2.24, 2.45) is 0 Å². The highest BCUT2D eigenvalue weighted by Crippen LogP contribution is 2.30. The summed E-state index contributed by atoms with van der Waals surface area (Å²) in [5.41, 5.74) is 0. The van der Waals surface area contributed by atoms with Crippen molar-refractivity contribution >= 4 is 0 Å².